The third kappa shape index (κ3) is 3.52. The van der Waals surface area contributed by atoms with Crippen LogP contribution < -0.4 is 5.32 Å². The van der Waals surface area contributed by atoms with E-state index in [0.29, 0.717) is 24.8 Å². The summed E-state index contributed by atoms with van der Waals surface area (Å²) in [5.41, 5.74) is 2.28. The van der Waals surface area contributed by atoms with Gasteiger partial charge in [0.15, 0.2) is 0 Å². The molecule has 4 nitrogen and oxygen atoms in total. The average Bonchev–Trinajstić information content (AvgIpc) is 2.90. The van der Waals surface area contributed by atoms with Crippen LogP contribution in [0.25, 0.3) is 10.9 Å². The molecule has 4 heteroatoms. The summed E-state index contributed by atoms with van der Waals surface area (Å²) in [6, 6.07) is 8.25. The van der Waals surface area contributed by atoms with Crippen molar-refractivity contribution in [1.82, 2.24) is 10.3 Å². The third-order valence-electron chi connectivity index (χ3n) is 6.13. The minimum Gasteiger partial charge on any atom is -0.380 e. The Hall–Kier alpha value is -1.81. The van der Waals surface area contributed by atoms with Crippen LogP contribution >= 0.6 is 0 Å². The van der Waals surface area contributed by atoms with Gasteiger partial charge in [-0.1, -0.05) is 45.4 Å². The molecule has 1 aromatic carbocycles. The fraction of sp³-hybridized carbons (Fsp3) is 0.591. The predicted octanol–water partition coefficient (Wildman–Crippen LogP) is 3.96. The van der Waals surface area contributed by atoms with Crippen molar-refractivity contribution in [3.8, 4) is 0 Å². The van der Waals surface area contributed by atoms with Crippen LogP contribution in [0.5, 0.6) is 0 Å². The van der Waals surface area contributed by atoms with E-state index in [1.165, 1.54) is 10.9 Å². The second-order valence-corrected chi connectivity index (χ2v) is 8.44. The minimum atomic E-state index is -1.24. The number of aromatic nitrogens is 1. The smallest absolute Gasteiger partial charge is 0.252 e. The van der Waals surface area contributed by atoms with Gasteiger partial charge >= 0.3 is 0 Å². The normalized spacial score (nSPS) is 26.4. The van der Waals surface area contributed by atoms with E-state index in [-0.39, 0.29) is 11.8 Å². The molecule has 1 aliphatic carbocycles. The van der Waals surface area contributed by atoms with Crippen molar-refractivity contribution in [2.24, 2.45) is 17.8 Å². The zero-order valence-electron chi connectivity index (χ0n) is 16.4. The van der Waals surface area contributed by atoms with Crippen molar-refractivity contribution in [3.63, 3.8) is 0 Å². The first kappa shape index (κ1) is 19.0. The van der Waals surface area contributed by atoms with E-state index in [1.54, 1.807) is 0 Å². The number of benzene rings is 1. The maximum Gasteiger partial charge on any atom is 0.252 e. The van der Waals surface area contributed by atoms with Gasteiger partial charge in [-0.2, -0.15) is 0 Å². The second-order valence-electron chi connectivity index (χ2n) is 8.44. The molecular formula is C22H32N2O2. The number of carbonyl (C=O) groups excluding carboxylic acids is 1. The first-order valence-corrected chi connectivity index (χ1v) is 9.89. The van der Waals surface area contributed by atoms with Gasteiger partial charge in [-0.15, -0.1) is 0 Å². The summed E-state index contributed by atoms with van der Waals surface area (Å²) in [5.74, 6) is 0.527. The topological polar surface area (TPSA) is 65.1 Å². The van der Waals surface area contributed by atoms with E-state index in [9.17, 15) is 9.90 Å². The number of aromatic amines is 1. The molecule has 0 saturated heterocycles. The molecule has 1 amide bonds. The molecule has 0 radical (unpaired) electrons. The molecule has 26 heavy (non-hydrogen) atoms. The largest absolute Gasteiger partial charge is 0.380 e. The summed E-state index contributed by atoms with van der Waals surface area (Å²) in [6.45, 7) is 8.96. The first-order valence-electron chi connectivity index (χ1n) is 9.89. The number of para-hydroxylation sites is 1. The van der Waals surface area contributed by atoms with Crippen LogP contribution in [0, 0.1) is 24.7 Å². The summed E-state index contributed by atoms with van der Waals surface area (Å²) < 4.78 is 0. The number of fused-ring (bicyclic) bond motifs is 1. The van der Waals surface area contributed by atoms with Crippen LogP contribution in [0.4, 0.5) is 0 Å². The Kier molecular flexibility index (Phi) is 5.42. The molecule has 0 spiro atoms. The first-order chi connectivity index (χ1) is 12.3. The molecule has 1 aliphatic rings. The highest BCUT2D eigenvalue weighted by Gasteiger charge is 2.48. The molecule has 1 aromatic heterocycles. The highest BCUT2D eigenvalue weighted by molar-refractivity contribution is 5.86. The Labute approximate surface area is 156 Å². The summed E-state index contributed by atoms with van der Waals surface area (Å²) >= 11 is 0. The SMILES string of the molecule is Cc1[nH]c2ccccc2c1CCNC(=O)[C@]1(O)C[C@H](C)CC[C@H]1C(C)C. The van der Waals surface area contributed by atoms with Gasteiger partial charge in [0.1, 0.15) is 5.60 Å². The molecule has 3 rings (SSSR count). The summed E-state index contributed by atoms with van der Waals surface area (Å²) in [4.78, 5) is 16.3. The molecule has 0 bridgehead atoms. The number of amides is 1. The number of carbonyl (C=O) groups is 1. The molecule has 1 saturated carbocycles. The van der Waals surface area contributed by atoms with Gasteiger partial charge in [-0.05, 0) is 55.6 Å². The van der Waals surface area contributed by atoms with E-state index in [0.717, 1.165) is 30.5 Å². The van der Waals surface area contributed by atoms with Gasteiger partial charge < -0.3 is 15.4 Å². The lowest BCUT2D eigenvalue weighted by Gasteiger charge is -2.43. The van der Waals surface area contributed by atoms with E-state index in [1.807, 2.05) is 12.1 Å². The zero-order valence-corrected chi connectivity index (χ0v) is 16.4. The number of nitrogens with one attached hydrogen (secondary N) is 2. The molecule has 3 atom stereocenters. The van der Waals surface area contributed by atoms with Gasteiger partial charge in [-0.3, -0.25) is 4.79 Å². The Morgan fingerprint density at radius 1 is 1.35 bits per heavy atom. The van der Waals surface area contributed by atoms with E-state index < -0.39 is 5.60 Å². The van der Waals surface area contributed by atoms with Crippen molar-refractivity contribution >= 4 is 16.8 Å². The standard InChI is InChI=1S/C22H32N2O2/c1-14(2)19-10-9-15(3)13-22(19,26)21(25)23-12-11-17-16(4)24-20-8-6-5-7-18(17)20/h5-8,14-15,19,24,26H,9-13H2,1-4H3,(H,23,25)/t15-,19+,22+/m1/s1. The average molecular weight is 357 g/mol. The van der Waals surface area contributed by atoms with Gasteiger partial charge in [0, 0.05) is 23.1 Å². The lowest BCUT2D eigenvalue weighted by molar-refractivity contribution is -0.155. The number of aryl methyl sites for hydroxylation is 1. The Bertz CT molecular complexity index is 780. The highest BCUT2D eigenvalue weighted by Crippen LogP contribution is 2.41. The van der Waals surface area contributed by atoms with E-state index in [2.05, 4.69) is 50.1 Å². The Balaban J connectivity index is 1.68. The summed E-state index contributed by atoms with van der Waals surface area (Å²) in [7, 11) is 0. The van der Waals surface area contributed by atoms with Gasteiger partial charge in [0.05, 0.1) is 0 Å². The van der Waals surface area contributed by atoms with Crippen LogP contribution in [0.3, 0.4) is 0 Å². The fourth-order valence-electron chi connectivity index (χ4n) is 4.74. The molecule has 0 aliphatic heterocycles. The zero-order chi connectivity index (χ0) is 18.9. The molecule has 1 heterocycles. The maximum atomic E-state index is 12.9. The lowest BCUT2D eigenvalue weighted by atomic mass is 9.66. The molecular weight excluding hydrogens is 324 g/mol. The Morgan fingerprint density at radius 2 is 2.08 bits per heavy atom. The fourth-order valence-corrected chi connectivity index (χ4v) is 4.74. The monoisotopic (exact) mass is 356 g/mol. The van der Waals surface area contributed by atoms with Crippen LogP contribution in [0.2, 0.25) is 0 Å². The van der Waals surface area contributed by atoms with Crippen molar-refractivity contribution in [3.05, 3.63) is 35.5 Å². The Morgan fingerprint density at radius 3 is 2.81 bits per heavy atom. The lowest BCUT2D eigenvalue weighted by Crippen LogP contribution is -2.56. The molecule has 0 unspecified atom stereocenters. The number of hydrogen-bond acceptors (Lipinski definition) is 2. The predicted molar refractivity (Wildman–Crippen MR) is 106 cm³/mol. The van der Waals surface area contributed by atoms with Crippen LogP contribution in [0.1, 0.15) is 51.3 Å². The quantitative estimate of drug-likeness (QED) is 0.759. The number of H-pyrrole nitrogens is 1. The molecule has 142 valence electrons. The van der Waals surface area contributed by atoms with Crippen molar-refractivity contribution in [2.45, 2.75) is 59.0 Å². The van der Waals surface area contributed by atoms with Gasteiger partial charge in [-0.25, -0.2) is 0 Å². The third-order valence-corrected chi connectivity index (χ3v) is 6.13. The molecule has 1 fully saturated rings. The maximum absolute atomic E-state index is 12.9. The van der Waals surface area contributed by atoms with Crippen LogP contribution in [0.15, 0.2) is 24.3 Å². The molecule has 3 N–H and O–H groups in total. The summed E-state index contributed by atoms with van der Waals surface area (Å²) in [6.07, 6.45) is 3.34. The number of hydrogen-bond donors (Lipinski definition) is 3. The van der Waals surface area contributed by atoms with Crippen molar-refractivity contribution in [1.29, 1.82) is 0 Å². The van der Waals surface area contributed by atoms with Gasteiger partial charge in [0.25, 0.3) is 5.91 Å². The van der Waals surface area contributed by atoms with Gasteiger partial charge in [0.2, 0.25) is 0 Å². The van der Waals surface area contributed by atoms with Crippen molar-refractivity contribution < 1.29 is 9.90 Å². The van der Waals surface area contributed by atoms with E-state index >= 15 is 0 Å². The van der Waals surface area contributed by atoms with Crippen LogP contribution in [-0.2, 0) is 11.2 Å². The minimum absolute atomic E-state index is 0.0357. The number of aliphatic hydroxyl groups is 1. The molecule has 2 aromatic rings. The number of rotatable bonds is 5. The summed E-state index contributed by atoms with van der Waals surface area (Å²) in [5, 5.41) is 15.4. The van der Waals surface area contributed by atoms with Crippen LogP contribution in [-0.4, -0.2) is 28.1 Å². The van der Waals surface area contributed by atoms with E-state index in [4.69, 9.17) is 0 Å². The van der Waals surface area contributed by atoms with Crippen molar-refractivity contribution in [2.75, 3.05) is 6.54 Å². The second kappa shape index (κ2) is 7.43. The highest BCUT2D eigenvalue weighted by atomic mass is 16.3.